The van der Waals surface area contributed by atoms with Gasteiger partial charge in [0.15, 0.2) is 11.5 Å². The lowest BCUT2D eigenvalue weighted by Crippen LogP contribution is -2.43. The molecule has 0 spiro atoms. The minimum atomic E-state index is -2.92. The van der Waals surface area contributed by atoms with Gasteiger partial charge in [-0.1, -0.05) is 6.07 Å². The molecule has 2 aliphatic heterocycles. The Labute approximate surface area is 176 Å². The van der Waals surface area contributed by atoms with Crippen molar-refractivity contribution >= 4 is 12.0 Å². The maximum atomic E-state index is 12.5. The van der Waals surface area contributed by atoms with E-state index in [0.29, 0.717) is 18.1 Å². The lowest BCUT2D eigenvalue weighted by atomic mass is 9.96. The zero-order chi connectivity index (χ0) is 21.3. The van der Waals surface area contributed by atoms with Gasteiger partial charge >= 0.3 is 6.61 Å². The normalized spacial score (nSPS) is 18.9. The molecule has 0 N–H and O–H groups in total. The predicted octanol–water partition coefficient (Wildman–Crippen LogP) is 3.27. The van der Waals surface area contributed by atoms with E-state index in [9.17, 15) is 13.6 Å². The van der Waals surface area contributed by atoms with Gasteiger partial charge in [-0.2, -0.15) is 8.78 Å². The summed E-state index contributed by atoms with van der Waals surface area (Å²) in [5, 5.41) is 0. The van der Waals surface area contributed by atoms with Gasteiger partial charge in [-0.15, -0.1) is 0 Å². The van der Waals surface area contributed by atoms with Crippen molar-refractivity contribution in [1.82, 2.24) is 9.80 Å². The number of rotatable bonds is 8. The van der Waals surface area contributed by atoms with Crippen molar-refractivity contribution in [2.24, 2.45) is 5.92 Å². The van der Waals surface area contributed by atoms with Crippen LogP contribution in [0.2, 0.25) is 0 Å². The summed E-state index contributed by atoms with van der Waals surface area (Å²) in [6.07, 6.45) is 5.22. The fourth-order valence-electron chi connectivity index (χ4n) is 3.85. The van der Waals surface area contributed by atoms with Gasteiger partial charge in [0.1, 0.15) is 0 Å². The van der Waals surface area contributed by atoms with E-state index in [1.165, 1.54) is 12.1 Å². The molecule has 8 heteroatoms. The molecule has 166 valence electrons. The highest BCUT2D eigenvalue weighted by atomic mass is 19.3. The summed E-state index contributed by atoms with van der Waals surface area (Å²) >= 11 is 0. The Morgan fingerprint density at radius 3 is 2.60 bits per heavy atom. The number of carbonyl (C=O) groups is 1. The number of likely N-dealkylation sites (tertiary alicyclic amines) is 1. The topological polar surface area (TPSA) is 51.2 Å². The summed E-state index contributed by atoms with van der Waals surface area (Å²) in [5.41, 5.74) is 0.690. The van der Waals surface area contributed by atoms with Crippen LogP contribution in [0.25, 0.3) is 6.08 Å². The molecule has 0 unspecified atom stereocenters. The summed E-state index contributed by atoms with van der Waals surface area (Å²) in [7, 11) is 0. The number of benzene rings is 1. The summed E-state index contributed by atoms with van der Waals surface area (Å²) in [4.78, 5) is 16.9. The van der Waals surface area contributed by atoms with Crippen molar-refractivity contribution in [2.45, 2.75) is 26.4 Å². The Balaban J connectivity index is 1.51. The molecule has 3 rings (SSSR count). The van der Waals surface area contributed by atoms with Gasteiger partial charge in [-0.3, -0.25) is 9.69 Å². The van der Waals surface area contributed by atoms with E-state index in [2.05, 4.69) is 9.64 Å². The molecule has 0 aromatic heterocycles. The second kappa shape index (κ2) is 11.3. The van der Waals surface area contributed by atoms with Gasteiger partial charge in [0, 0.05) is 38.8 Å². The maximum absolute atomic E-state index is 12.5. The largest absolute Gasteiger partial charge is 0.490 e. The van der Waals surface area contributed by atoms with Crippen LogP contribution in [-0.2, 0) is 9.53 Å². The SMILES string of the molecule is CCOc1cc(/C=C/C(=O)N2CCC(CN3CCOCC3)CC2)ccc1OC(F)F. The Morgan fingerprint density at radius 2 is 1.93 bits per heavy atom. The Morgan fingerprint density at radius 1 is 1.20 bits per heavy atom. The van der Waals surface area contributed by atoms with E-state index >= 15 is 0 Å². The van der Waals surface area contributed by atoms with Crippen molar-refractivity contribution in [1.29, 1.82) is 0 Å². The fraction of sp³-hybridized carbons (Fsp3) is 0.591. The number of piperidine rings is 1. The van der Waals surface area contributed by atoms with E-state index in [1.807, 2.05) is 4.90 Å². The van der Waals surface area contributed by atoms with E-state index in [4.69, 9.17) is 9.47 Å². The summed E-state index contributed by atoms with van der Waals surface area (Å²) < 4.78 is 40.3. The third-order valence-electron chi connectivity index (χ3n) is 5.45. The number of ether oxygens (including phenoxy) is 3. The molecule has 1 aromatic carbocycles. The summed E-state index contributed by atoms with van der Waals surface area (Å²) in [6.45, 7) is 5.36. The van der Waals surface area contributed by atoms with Crippen molar-refractivity contribution in [3.05, 3.63) is 29.8 Å². The lowest BCUT2D eigenvalue weighted by molar-refractivity contribution is -0.127. The van der Waals surface area contributed by atoms with E-state index in [-0.39, 0.29) is 17.4 Å². The summed E-state index contributed by atoms with van der Waals surface area (Å²) in [5.74, 6) is 0.798. The van der Waals surface area contributed by atoms with Gasteiger partial charge in [0.2, 0.25) is 5.91 Å². The van der Waals surface area contributed by atoms with Gasteiger partial charge in [-0.25, -0.2) is 0 Å². The minimum absolute atomic E-state index is 0.0160. The highest BCUT2D eigenvalue weighted by Crippen LogP contribution is 2.30. The number of hydrogen-bond donors (Lipinski definition) is 0. The molecule has 0 saturated carbocycles. The second-order valence-electron chi connectivity index (χ2n) is 7.53. The molecule has 0 aliphatic carbocycles. The van der Waals surface area contributed by atoms with E-state index in [0.717, 1.165) is 58.8 Å². The van der Waals surface area contributed by atoms with Gasteiger partial charge in [-0.05, 0) is 49.5 Å². The molecule has 30 heavy (non-hydrogen) atoms. The number of morpholine rings is 1. The van der Waals surface area contributed by atoms with Gasteiger partial charge in [0.05, 0.1) is 19.8 Å². The molecule has 2 aliphatic rings. The van der Waals surface area contributed by atoms with Crippen LogP contribution >= 0.6 is 0 Å². The Bertz CT molecular complexity index is 715. The zero-order valence-corrected chi connectivity index (χ0v) is 17.4. The van der Waals surface area contributed by atoms with Crippen LogP contribution in [0.5, 0.6) is 11.5 Å². The maximum Gasteiger partial charge on any atom is 0.387 e. The smallest absolute Gasteiger partial charge is 0.387 e. The van der Waals surface area contributed by atoms with Crippen LogP contribution in [-0.4, -0.2) is 74.9 Å². The average molecular weight is 424 g/mol. The number of carbonyl (C=O) groups excluding carboxylic acids is 1. The van der Waals surface area contributed by atoms with Crippen LogP contribution in [0.1, 0.15) is 25.3 Å². The standard InChI is InChI=1S/C22H30F2N2O4/c1-2-29-20-15-17(3-5-19(20)30-22(23)24)4-6-21(27)26-9-7-18(8-10-26)16-25-11-13-28-14-12-25/h3-6,15,18,22H,2,7-14,16H2,1H3/b6-4+. The first-order chi connectivity index (χ1) is 14.5. The highest BCUT2D eigenvalue weighted by Gasteiger charge is 2.24. The van der Waals surface area contributed by atoms with Crippen LogP contribution in [0.15, 0.2) is 24.3 Å². The predicted molar refractivity (Wildman–Crippen MR) is 110 cm³/mol. The molecule has 2 fully saturated rings. The quantitative estimate of drug-likeness (QED) is 0.600. The molecular formula is C22H30F2N2O4. The number of hydrogen-bond acceptors (Lipinski definition) is 5. The van der Waals surface area contributed by atoms with Crippen molar-refractivity contribution in [3.8, 4) is 11.5 Å². The number of halogens is 2. The molecule has 2 saturated heterocycles. The molecule has 1 amide bonds. The van der Waals surface area contributed by atoms with Crippen molar-refractivity contribution in [3.63, 3.8) is 0 Å². The van der Waals surface area contributed by atoms with Crippen LogP contribution in [0.3, 0.4) is 0 Å². The zero-order valence-electron chi connectivity index (χ0n) is 17.4. The summed E-state index contributed by atoms with van der Waals surface area (Å²) in [6, 6.07) is 4.65. The first-order valence-corrected chi connectivity index (χ1v) is 10.5. The molecule has 1 aromatic rings. The lowest BCUT2D eigenvalue weighted by Gasteiger charge is -2.35. The van der Waals surface area contributed by atoms with Crippen molar-refractivity contribution < 1.29 is 27.8 Å². The minimum Gasteiger partial charge on any atom is -0.490 e. The number of amides is 1. The fourth-order valence-corrected chi connectivity index (χ4v) is 3.85. The third kappa shape index (κ3) is 6.67. The first kappa shape index (κ1) is 22.5. The van der Waals surface area contributed by atoms with Crippen LogP contribution in [0, 0.1) is 5.92 Å². The highest BCUT2D eigenvalue weighted by molar-refractivity contribution is 5.91. The third-order valence-corrected chi connectivity index (χ3v) is 5.45. The molecule has 6 nitrogen and oxygen atoms in total. The first-order valence-electron chi connectivity index (χ1n) is 10.5. The average Bonchev–Trinajstić information content (AvgIpc) is 2.75. The second-order valence-corrected chi connectivity index (χ2v) is 7.53. The molecule has 0 bridgehead atoms. The van der Waals surface area contributed by atoms with Crippen molar-refractivity contribution in [2.75, 3.05) is 52.5 Å². The Kier molecular flexibility index (Phi) is 8.45. The van der Waals surface area contributed by atoms with Gasteiger partial charge < -0.3 is 19.1 Å². The Hall–Kier alpha value is -2.19. The van der Waals surface area contributed by atoms with Crippen LogP contribution < -0.4 is 9.47 Å². The monoisotopic (exact) mass is 424 g/mol. The van der Waals surface area contributed by atoms with Crippen LogP contribution in [0.4, 0.5) is 8.78 Å². The molecular weight excluding hydrogens is 394 g/mol. The number of alkyl halides is 2. The van der Waals surface area contributed by atoms with Gasteiger partial charge in [0.25, 0.3) is 0 Å². The molecule has 2 heterocycles. The number of nitrogens with zero attached hydrogens (tertiary/aromatic N) is 2. The van der Waals surface area contributed by atoms with E-state index < -0.39 is 6.61 Å². The van der Waals surface area contributed by atoms with E-state index in [1.54, 1.807) is 25.1 Å². The molecule has 0 radical (unpaired) electrons. The molecule has 0 atom stereocenters.